The molecule has 2 N–H and O–H groups in total. The summed E-state index contributed by atoms with van der Waals surface area (Å²) in [6.07, 6.45) is 0.562. The molecule has 4 nitrogen and oxygen atoms in total. The van der Waals surface area contributed by atoms with Gasteiger partial charge >= 0.3 is 0 Å². The highest BCUT2D eigenvalue weighted by Gasteiger charge is 2.12. The van der Waals surface area contributed by atoms with Crippen LogP contribution in [0.2, 0.25) is 0 Å². The molecule has 0 radical (unpaired) electrons. The second kappa shape index (κ2) is 8.34. The van der Waals surface area contributed by atoms with Crippen molar-refractivity contribution in [2.75, 3.05) is 27.2 Å². The number of halogens is 1. The van der Waals surface area contributed by atoms with Crippen molar-refractivity contribution in [3.05, 3.63) is 34.3 Å². The molecule has 110 valence electrons. The number of carbonyl (C=O) groups is 1. The summed E-state index contributed by atoms with van der Waals surface area (Å²) in [7, 11) is 3.70. The Hall–Kier alpha value is -0.980. The third-order valence-electron chi connectivity index (χ3n) is 2.87. The van der Waals surface area contributed by atoms with E-state index in [0.717, 1.165) is 11.0 Å². The van der Waals surface area contributed by atoms with E-state index in [1.807, 2.05) is 30.1 Å². The fourth-order valence-electron chi connectivity index (χ4n) is 1.76. The normalized spacial score (nSPS) is 10.6. The van der Waals surface area contributed by atoms with Gasteiger partial charge in [0.2, 0.25) is 5.91 Å². The van der Waals surface area contributed by atoms with Crippen LogP contribution in [0.4, 0.5) is 0 Å². The molecule has 0 bridgehead atoms. The lowest BCUT2D eigenvalue weighted by molar-refractivity contribution is -0.130. The predicted octanol–water partition coefficient (Wildman–Crippen LogP) is 2.02. The van der Waals surface area contributed by atoms with E-state index < -0.39 is 0 Å². The number of benzene rings is 1. The average Bonchev–Trinajstić information content (AvgIpc) is 2.35. The first-order valence-corrected chi connectivity index (χ1v) is 7.54. The lowest BCUT2D eigenvalue weighted by Gasteiger charge is -2.21. The molecule has 0 aromatic heterocycles. The minimum Gasteiger partial charge on any atom is -0.393 e. The zero-order valence-corrected chi connectivity index (χ0v) is 14.2. The van der Waals surface area contributed by atoms with Crippen LogP contribution in [0.5, 0.6) is 0 Å². The molecule has 0 aliphatic carbocycles. The minimum atomic E-state index is 0.0683. The van der Waals surface area contributed by atoms with Gasteiger partial charge in [-0.3, -0.25) is 9.69 Å². The molecule has 20 heavy (non-hydrogen) atoms. The van der Waals surface area contributed by atoms with Crippen LogP contribution in [0, 0.1) is 0 Å². The minimum absolute atomic E-state index is 0.0683. The van der Waals surface area contributed by atoms with Gasteiger partial charge in [0.1, 0.15) is 0 Å². The molecule has 0 saturated carbocycles. The van der Waals surface area contributed by atoms with Gasteiger partial charge in [0.05, 0.1) is 11.5 Å². The van der Waals surface area contributed by atoms with Crippen molar-refractivity contribution in [3.63, 3.8) is 0 Å². The summed E-state index contributed by atoms with van der Waals surface area (Å²) in [6.45, 7) is 1.67. The number of likely N-dealkylation sites (N-methyl/N-ethyl adjacent to an activating group) is 2. The quantitative estimate of drug-likeness (QED) is 0.758. The second-order valence-corrected chi connectivity index (χ2v) is 6.27. The van der Waals surface area contributed by atoms with Gasteiger partial charge in [-0.15, -0.1) is 0 Å². The molecule has 0 atom stereocenters. The van der Waals surface area contributed by atoms with Crippen molar-refractivity contribution in [3.8, 4) is 0 Å². The summed E-state index contributed by atoms with van der Waals surface area (Å²) in [6, 6.07) is 8.07. The summed E-state index contributed by atoms with van der Waals surface area (Å²) in [5, 5.41) is 0. The molecule has 0 unspecified atom stereocenters. The first kappa shape index (κ1) is 17.1. The molecule has 1 aromatic carbocycles. The first-order chi connectivity index (χ1) is 9.38. The highest BCUT2D eigenvalue weighted by molar-refractivity contribution is 9.10. The van der Waals surface area contributed by atoms with E-state index in [-0.39, 0.29) is 5.91 Å². The van der Waals surface area contributed by atoms with E-state index in [0.29, 0.717) is 24.5 Å². The van der Waals surface area contributed by atoms with E-state index in [4.69, 9.17) is 18.0 Å². The summed E-state index contributed by atoms with van der Waals surface area (Å²) < 4.78 is 1.04. The van der Waals surface area contributed by atoms with Crippen LogP contribution in [-0.2, 0) is 11.3 Å². The lowest BCUT2D eigenvalue weighted by Crippen LogP contribution is -2.37. The van der Waals surface area contributed by atoms with Crippen molar-refractivity contribution in [1.82, 2.24) is 9.80 Å². The Balaban J connectivity index is 2.43. The molecule has 1 amide bonds. The summed E-state index contributed by atoms with van der Waals surface area (Å²) >= 11 is 8.25. The van der Waals surface area contributed by atoms with E-state index >= 15 is 0 Å². The number of amides is 1. The van der Waals surface area contributed by atoms with Gasteiger partial charge in [0, 0.05) is 31.0 Å². The van der Waals surface area contributed by atoms with Crippen LogP contribution in [0.3, 0.4) is 0 Å². The predicted molar refractivity (Wildman–Crippen MR) is 89.5 cm³/mol. The number of thiocarbonyl (C=S) groups is 1. The zero-order chi connectivity index (χ0) is 15.1. The van der Waals surface area contributed by atoms with Gasteiger partial charge in [-0.05, 0) is 24.7 Å². The summed E-state index contributed by atoms with van der Waals surface area (Å²) in [5.41, 5.74) is 6.60. The topological polar surface area (TPSA) is 49.6 Å². The molecule has 0 spiro atoms. The molecular formula is C14H20BrN3OS. The zero-order valence-electron chi connectivity index (χ0n) is 11.8. The standard InChI is InChI=1S/C14H20BrN3OS/c1-17(9-11-4-3-5-12(15)8-11)10-14(19)18(2)7-6-13(16)20/h3-5,8H,6-7,9-10H2,1-2H3,(H2,16,20). The van der Waals surface area contributed by atoms with Crippen molar-refractivity contribution in [2.45, 2.75) is 13.0 Å². The number of rotatable bonds is 7. The maximum Gasteiger partial charge on any atom is 0.236 e. The Morgan fingerprint density at radius 3 is 2.70 bits per heavy atom. The third-order valence-corrected chi connectivity index (χ3v) is 3.56. The molecule has 0 aliphatic rings. The van der Waals surface area contributed by atoms with Crippen molar-refractivity contribution < 1.29 is 4.79 Å². The molecule has 0 fully saturated rings. The van der Waals surface area contributed by atoms with Crippen molar-refractivity contribution in [2.24, 2.45) is 5.73 Å². The molecule has 0 aliphatic heterocycles. The maximum absolute atomic E-state index is 12.0. The van der Waals surface area contributed by atoms with Crippen LogP contribution >= 0.6 is 28.1 Å². The number of nitrogens with two attached hydrogens (primary N) is 1. The summed E-state index contributed by atoms with van der Waals surface area (Å²) in [4.78, 5) is 16.1. The highest BCUT2D eigenvalue weighted by Crippen LogP contribution is 2.12. The fraction of sp³-hybridized carbons (Fsp3) is 0.429. The fourth-order valence-corrected chi connectivity index (χ4v) is 2.30. The molecule has 6 heteroatoms. The molecule has 1 rings (SSSR count). The van der Waals surface area contributed by atoms with Gasteiger partial charge in [-0.25, -0.2) is 0 Å². The Morgan fingerprint density at radius 2 is 2.10 bits per heavy atom. The molecule has 1 aromatic rings. The van der Waals surface area contributed by atoms with Crippen LogP contribution < -0.4 is 5.73 Å². The number of nitrogens with zero attached hydrogens (tertiary/aromatic N) is 2. The van der Waals surface area contributed by atoms with E-state index in [1.165, 1.54) is 5.56 Å². The molecule has 0 saturated heterocycles. The van der Waals surface area contributed by atoms with Gasteiger partial charge < -0.3 is 10.6 Å². The number of carbonyl (C=O) groups excluding carboxylic acids is 1. The number of hydrogen-bond acceptors (Lipinski definition) is 3. The van der Waals surface area contributed by atoms with Crippen molar-refractivity contribution >= 4 is 39.0 Å². The Morgan fingerprint density at radius 1 is 1.40 bits per heavy atom. The first-order valence-electron chi connectivity index (χ1n) is 6.33. The Labute approximate surface area is 134 Å². The van der Waals surface area contributed by atoms with E-state index in [2.05, 4.69) is 22.0 Å². The largest absolute Gasteiger partial charge is 0.393 e. The Bertz CT molecular complexity index is 481. The van der Waals surface area contributed by atoms with Gasteiger partial charge in [0.25, 0.3) is 0 Å². The highest BCUT2D eigenvalue weighted by atomic mass is 79.9. The summed E-state index contributed by atoms with van der Waals surface area (Å²) in [5.74, 6) is 0.0683. The average molecular weight is 358 g/mol. The maximum atomic E-state index is 12.0. The lowest BCUT2D eigenvalue weighted by atomic mass is 10.2. The van der Waals surface area contributed by atoms with E-state index in [9.17, 15) is 4.79 Å². The molecule has 0 heterocycles. The van der Waals surface area contributed by atoms with E-state index in [1.54, 1.807) is 11.9 Å². The van der Waals surface area contributed by atoms with Crippen LogP contribution in [0.25, 0.3) is 0 Å². The van der Waals surface area contributed by atoms with Gasteiger partial charge in [-0.2, -0.15) is 0 Å². The smallest absolute Gasteiger partial charge is 0.236 e. The third kappa shape index (κ3) is 6.45. The van der Waals surface area contributed by atoms with Crippen molar-refractivity contribution in [1.29, 1.82) is 0 Å². The molecular weight excluding hydrogens is 338 g/mol. The monoisotopic (exact) mass is 357 g/mol. The Kier molecular flexibility index (Phi) is 7.12. The van der Waals surface area contributed by atoms with Gasteiger partial charge in [0.15, 0.2) is 0 Å². The number of hydrogen-bond donors (Lipinski definition) is 1. The second-order valence-electron chi connectivity index (χ2n) is 4.83. The SMILES string of the molecule is CN(CC(=O)N(C)CCC(N)=S)Cc1cccc(Br)c1. The van der Waals surface area contributed by atoms with Crippen LogP contribution in [0.1, 0.15) is 12.0 Å². The van der Waals surface area contributed by atoms with Crippen LogP contribution in [-0.4, -0.2) is 47.9 Å². The van der Waals surface area contributed by atoms with Crippen LogP contribution in [0.15, 0.2) is 28.7 Å². The van der Waals surface area contributed by atoms with Gasteiger partial charge in [-0.1, -0.05) is 40.3 Å².